The molecule has 4 rings (SSSR count). The lowest BCUT2D eigenvalue weighted by Crippen LogP contribution is -2.54. The first-order valence-corrected chi connectivity index (χ1v) is 26.4. The first-order chi connectivity index (χ1) is 33.7. The van der Waals surface area contributed by atoms with Crippen molar-refractivity contribution in [2.24, 2.45) is 35.5 Å². The number of methoxy groups -OCH3 is 2. The quantitative estimate of drug-likeness (QED) is 0.0640. The maximum absolute atomic E-state index is 14.7. The number of ether oxygens (including phenoxy) is 2. The second-order valence-corrected chi connectivity index (χ2v) is 21.1. The first kappa shape index (κ1) is 59.1. The van der Waals surface area contributed by atoms with Crippen LogP contribution in [0.15, 0.2) is 36.4 Å². The van der Waals surface area contributed by atoms with E-state index in [4.69, 9.17) is 14.3 Å². The monoisotopic (exact) mass is 994 g/mol. The Morgan fingerprint density at radius 3 is 2.04 bits per heavy atom. The highest BCUT2D eigenvalue weighted by atomic mass is 16.7. The number of unbranched alkanes of at least 4 members (excludes halogenated alkanes) is 3. The largest absolute Gasteiger partial charge is 0.508 e. The lowest BCUT2D eigenvalue weighted by molar-refractivity contribution is -0.201. The number of nitrogens with zero attached hydrogens (tertiary/aromatic N) is 5. The number of carbonyl (C=O) groups is 7. The van der Waals surface area contributed by atoms with Crippen LogP contribution < -0.4 is 0 Å². The van der Waals surface area contributed by atoms with Crippen molar-refractivity contribution in [3.63, 3.8) is 0 Å². The Morgan fingerprint density at radius 1 is 0.803 bits per heavy atom. The van der Waals surface area contributed by atoms with Crippen molar-refractivity contribution in [2.75, 3.05) is 61.1 Å². The van der Waals surface area contributed by atoms with Crippen molar-refractivity contribution < 1.29 is 53.0 Å². The topological polar surface area (TPSA) is 184 Å². The molecule has 5 amide bonds. The van der Waals surface area contributed by atoms with Crippen molar-refractivity contribution in [3.8, 4) is 5.75 Å². The predicted octanol–water partition coefficient (Wildman–Crippen LogP) is 6.66. The summed E-state index contributed by atoms with van der Waals surface area (Å²) in [4.78, 5) is 108. The molecule has 0 radical (unpaired) electrons. The average Bonchev–Trinajstić information content (AvgIpc) is 3.96. The van der Waals surface area contributed by atoms with Crippen molar-refractivity contribution >= 4 is 41.1 Å². The smallest absolute Gasteiger partial charge is 0.253 e. The highest BCUT2D eigenvalue weighted by Gasteiger charge is 2.44. The number of likely N-dealkylation sites (N-methyl/N-ethyl adjacent to an activating group) is 2. The molecule has 9 atom stereocenters. The summed E-state index contributed by atoms with van der Waals surface area (Å²) in [7, 11) is 6.84. The van der Waals surface area contributed by atoms with E-state index in [9.17, 15) is 38.7 Å². The Hall–Kier alpha value is -4.51. The normalized spacial score (nSPS) is 19.8. The summed E-state index contributed by atoms with van der Waals surface area (Å²) in [5, 5.41) is 11.3. The van der Waals surface area contributed by atoms with Gasteiger partial charge in [-0.05, 0) is 94.0 Å². The number of carbonyl (C=O) groups excluding carboxylic acids is 7. The Balaban J connectivity index is 1.42. The number of imide groups is 1. The average molecular weight is 994 g/mol. The molecule has 0 aromatic heterocycles. The van der Waals surface area contributed by atoms with Gasteiger partial charge in [0.25, 0.3) is 11.8 Å². The molecule has 3 aliphatic rings. The number of likely N-dealkylation sites (tertiary alicyclic amines) is 1. The SMILES string of the molecule is CC[C@H](C)[C@@H]([C@@H](CC(=O)N1CCC[C@H]1[C@H](OC)[C@@H](C)C(=O)C[C@@H](Cc1ccc(O)cc1)C(=O)N1CCCCO1)OC)N(C)C(=O)[C@@H](CC(=O)[C@H](C(C)C)N(C)CCCCCCN1C(=O)C=CC1=O)C(C)C. The molecule has 1 N–H and O–H groups in total. The van der Waals surface area contributed by atoms with Gasteiger partial charge in [-0.3, -0.25) is 48.2 Å². The van der Waals surface area contributed by atoms with Gasteiger partial charge in [-0.15, -0.1) is 0 Å². The predicted molar refractivity (Wildman–Crippen MR) is 271 cm³/mol. The number of hydrogen-bond donors (Lipinski definition) is 1. The lowest BCUT2D eigenvalue weighted by Gasteiger charge is -2.41. The van der Waals surface area contributed by atoms with Gasteiger partial charge in [-0.1, -0.05) is 79.9 Å². The van der Waals surface area contributed by atoms with Gasteiger partial charge in [0, 0.05) is 77.7 Å². The van der Waals surface area contributed by atoms with Crippen LogP contribution in [-0.2, 0) is 54.3 Å². The van der Waals surface area contributed by atoms with Gasteiger partial charge in [0.05, 0.1) is 49.3 Å². The van der Waals surface area contributed by atoms with Crippen molar-refractivity contribution in [2.45, 2.75) is 162 Å². The van der Waals surface area contributed by atoms with Crippen LogP contribution in [0.2, 0.25) is 0 Å². The van der Waals surface area contributed by atoms with Gasteiger partial charge in [0.1, 0.15) is 11.5 Å². The number of benzene rings is 1. The molecule has 1 aromatic rings. The molecule has 3 aliphatic heterocycles. The fourth-order valence-corrected chi connectivity index (χ4v) is 11.0. The third-order valence-electron chi connectivity index (χ3n) is 15.3. The van der Waals surface area contributed by atoms with Crippen molar-refractivity contribution in [3.05, 3.63) is 42.0 Å². The van der Waals surface area contributed by atoms with Crippen LogP contribution in [0, 0.1) is 35.5 Å². The fraction of sp³-hybridized carbons (Fsp3) is 0.727. The van der Waals surface area contributed by atoms with Crippen LogP contribution in [0.3, 0.4) is 0 Å². The molecule has 16 nitrogen and oxygen atoms in total. The van der Waals surface area contributed by atoms with E-state index in [2.05, 4.69) is 11.8 Å². The Bertz CT molecular complexity index is 1930. The number of rotatable bonds is 30. The zero-order valence-electron chi connectivity index (χ0n) is 44.8. The third-order valence-corrected chi connectivity index (χ3v) is 15.3. The highest BCUT2D eigenvalue weighted by Crippen LogP contribution is 2.33. The standard InChI is InChI=1S/C55H87N5O11/c1-12-38(6)52(57(9)55(68)43(36(2)3)34-46(63)51(37(4)5)56(8)27-15-13-14-16-28-59-48(64)25-26-49(59)65)47(69-10)35-50(66)58-29-19-20-44(58)53(70-11)39(7)45(62)33-41(32-40-21-23-42(61)24-22-40)54(67)60-30-17-18-31-71-60/h21-26,36-39,41,43-44,47,51-53,61H,12-20,27-35H2,1-11H3/t38-,39-,41+,43-,44-,47+,51-,52-,53+/m0/s1. The molecule has 0 unspecified atom stereocenters. The number of amides is 5. The second kappa shape index (κ2) is 28.7. The van der Waals surface area contributed by atoms with Crippen LogP contribution in [-0.4, -0.2) is 162 Å². The minimum absolute atomic E-state index is 0.00532. The number of hydrogen-bond acceptors (Lipinski definition) is 12. The fourth-order valence-electron chi connectivity index (χ4n) is 11.0. The molecular weight excluding hydrogens is 907 g/mol. The van der Waals surface area contributed by atoms with E-state index in [0.29, 0.717) is 45.6 Å². The molecule has 398 valence electrons. The lowest BCUT2D eigenvalue weighted by atomic mass is 9.83. The number of Topliss-reactive ketones (excluding diaryl/α,β-unsaturated/α-hetero) is 2. The minimum atomic E-state index is -0.697. The maximum atomic E-state index is 14.7. The van der Waals surface area contributed by atoms with Crippen LogP contribution in [0.25, 0.3) is 0 Å². The van der Waals surface area contributed by atoms with Gasteiger partial charge in [-0.2, -0.15) is 0 Å². The maximum Gasteiger partial charge on any atom is 0.253 e. The number of phenols is 1. The van der Waals surface area contributed by atoms with Crippen molar-refractivity contribution in [1.82, 2.24) is 24.7 Å². The Labute approximate surface area is 424 Å². The number of hydroxylamine groups is 2. The van der Waals surface area contributed by atoms with Crippen molar-refractivity contribution in [1.29, 1.82) is 0 Å². The summed E-state index contributed by atoms with van der Waals surface area (Å²) in [5.41, 5.74) is 0.810. The van der Waals surface area contributed by atoms with Gasteiger partial charge in [0.15, 0.2) is 5.78 Å². The van der Waals surface area contributed by atoms with Crippen LogP contribution >= 0.6 is 0 Å². The highest BCUT2D eigenvalue weighted by molar-refractivity contribution is 6.12. The molecule has 0 bridgehead atoms. The Kier molecular flexibility index (Phi) is 23.8. The summed E-state index contributed by atoms with van der Waals surface area (Å²) >= 11 is 0. The third kappa shape index (κ3) is 16.2. The van der Waals surface area contributed by atoms with Gasteiger partial charge in [-0.25, -0.2) is 5.06 Å². The molecule has 2 saturated heterocycles. The first-order valence-electron chi connectivity index (χ1n) is 26.4. The summed E-state index contributed by atoms with van der Waals surface area (Å²) in [5.74, 6) is -3.27. The number of aromatic hydroxyl groups is 1. The molecular formula is C55H87N5O11. The zero-order chi connectivity index (χ0) is 52.5. The summed E-state index contributed by atoms with van der Waals surface area (Å²) in [6.07, 6.45) is 8.65. The zero-order valence-corrected chi connectivity index (χ0v) is 44.8. The molecule has 0 spiro atoms. The molecule has 71 heavy (non-hydrogen) atoms. The molecule has 0 saturated carbocycles. The van der Waals surface area contributed by atoms with E-state index < -0.39 is 42.0 Å². The molecule has 2 fully saturated rings. The summed E-state index contributed by atoms with van der Waals surface area (Å²) in [6, 6.07) is 5.36. The van der Waals surface area contributed by atoms with E-state index in [0.717, 1.165) is 50.5 Å². The minimum Gasteiger partial charge on any atom is -0.508 e. The summed E-state index contributed by atoms with van der Waals surface area (Å²) in [6.45, 7) is 16.3. The second-order valence-electron chi connectivity index (χ2n) is 21.1. The molecule has 0 aliphatic carbocycles. The van der Waals surface area contributed by atoms with E-state index in [1.54, 1.807) is 62.3 Å². The van der Waals surface area contributed by atoms with E-state index in [1.807, 2.05) is 41.7 Å². The van der Waals surface area contributed by atoms with E-state index in [1.165, 1.54) is 22.1 Å². The van der Waals surface area contributed by atoms with Crippen LogP contribution in [0.1, 0.15) is 131 Å². The van der Waals surface area contributed by atoms with E-state index >= 15 is 0 Å². The van der Waals surface area contributed by atoms with Gasteiger partial charge >= 0.3 is 0 Å². The van der Waals surface area contributed by atoms with Gasteiger partial charge in [0.2, 0.25) is 17.7 Å². The number of phenolic OH excluding ortho intramolecular Hbond substituents is 1. The molecule has 1 aromatic carbocycles. The van der Waals surface area contributed by atoms with Gasteiger partial charge < -0.3 is 24.4 Å². The van der Waals surface area contributed by atoms with E-state index in [-0.39, 0.29) is 96.3 Å². The molecule has 16 heteroatoms. The molecule has 3 heterocycles. The van der Waals surface area contributed by atoms with Crippen LogP contribution in [0.5, 0.6) is 5.75 Å². The Morgan fingerprint density at radius 2 is 1.46 bits per heavy atom. The number of ketones is 2. The summed E-state index contributed by atoms with van der Waals surface area (Å²) < 4.78 is 12.2. The van der Waals surface area contributed by atoms with Crippen LogP contribution in [0.4, 0.5) is 0 Å².